The Hall–Kier alpha value is -1.67. The van der Waals surface area contributed by atoms with Gasteiger partial charge in [0.15, 0.2) is 0 Å². The second kappa shape index (κ2) is 10.3. The van der Waals surface area contributed by atoms with Crippen molar-refractivity contribution in [1.29, 1.82) is 0 Å². The minimum Gasteiger partial charge on any atom is -0.343 e. The van der Waals surface area contributed by atoms with Gasteiger partial charge in [-0.1, -0.05) is 0 Å². The van der Waals surface area contributed by atoms with Crippen LogP contribution in [0.5, 0.6) is 0 Å². The Morgan fingerprint density at radius 2 is 1.79 bits per heavy atom. The maximum absolute atomic E-state index is 15.1. The van der Waals surface area contributed by atoms with Gasteiger partial charge in [-0.25, -0.2) is 13.2 Å². The molecule has 184 valence electrons. The van der Waals surface area contributed by atoms with Gasteiger partial charge in [0, 0.05) is 81.7 Å². The number of carbonyl (C=O) groups excluding carboxylic acids is 1. The Kier molecular flexibility index (Phi) is 7.63. The maximum Gasteiger partial charge on any atom is 0.252 e. The van der Waals surface area contributed by atoms with Gasteiger partial charge in [0.25, 0.3) is 5.92 Å². The van der Waals surface area contributed by atoms with Crippen LogP contribution in [0.15, 0.2) is 18.3 Å². The van der Waals surface area contributed by atoms with Crippen LogP contribution in [0.3, 0.4) is 0 Å². The maximum atomic E-state index is 15.1. The second-order valence-electron chi connectivity index (χ2n) is 10.3. The highest BCUT2D eigenvalue weighted by Crippen LogP contribution is 2.43. The molecule has 2 atom stereocenters. The van der Waals surface area contributed by atoms with Crippen LogP contribution in [-0.4, -0.2) is 82.9 Å². The lowest BCUT2D eigenvalue weighted by Crippen LogP contribution is -2.58. The molecule has 0 bridgehead atoms. The fourth-order valence-electron chi connectivity index (χ4n) is 5.89. The number of aromatic nitrogens is 1. The zero-order chi connectivity index (χ0) is 23.6. The van der Waals surface area contributed by atoms with Crippen LogP contribution in [0.4, 0.5) is 13.2 Å². The van der Waals surface area contributed by atoms with Gasteiger partial charge < -0.3 is 4.90 Å². The Bertz CT molecular complexity index is 787. The zero-order valence-electron chi connectivity index (χ0n) is 19.9. The number of piperidine rings is 1. The third-order valence-electron chi connectivity index (χ3n) is 7.98. The number of carbonyl (C=O) groups is 1. The first-order valence-electron chi connectivity index (χ1n) is 12.5. The molecule has 4 rings (SSSR count). The topological polar surface area (TPSA) is 39.7 Å². The normalized spacial score (nSPS) is 27.8. The minimum absolute atomic E-state index is 0.0818. The molecule has 1 aromatic rings. The molecule has 1 saturated carbocycles. The second-order valence-corrected chi connectivity index (χ2v) is 10.3. The Morgan fingerprint density at radius 3 is 2.39 bits per heavy atom. The standard InChI is InChI=1S/C25H37F3N4O/c1-18(2)30-12-14-31(15-13-30)23-4-3-9-25(27,28)21(23)16-24(33)32-10-7-19(8-11-32)22-6-5-20(26)17-29-22/h5-6,17-19,21,23H,3-4,7-16H2,1-2H3/t21?,23-/m0/s1. The van der Waals surface area contributed by atoms with Crippen molar-refractivity contribution < 1.29 is 18.0 Å². The minimum atomic E-state index is -2.80. The highest BCUT2D eigenvalue weighted by molar-refractivity contribution is 5.76. The van der Waals surface area contributed by atoms with E-state index in [0.29, 0.717) is 25.6 Å². The molecule has 3 fully saturated rings. The lowest BCUT2D eigenvalue weighted by atomic mass is 9.77. The van der Waals surface area contributed by atoms with Crippen molar-refractivity contribution in [2.24, 2.45) is 5.92 Å². The average molecular weight is 467 g/mol. The number of alkyl halides is 2. The summed E-state index contributed by atoms with van der Waals surface area (Å²) in [4.78, 5) is 23.6. The third kappa shape index (κ3) is 5.70. The Labute approximate surface area is 195 Å². The van der Waals surface area contributed by atoms with Crippen LogP contribution in [0.25, 0.3) is 0 Å². The van der Waals surface area contributed by atoms with Crippen molar-refractivity contribution in [1.82, 2.24) is 19.7 Å². The number of nitrogens with zero attached hydrogens (tertiary/aromatic N) is 4. The van der Waals surface area contributed by atoms with E-state index in [1.807, 2.05) is 0 Å². The van der Waals surface area contributed by atoms with Crippen LogP contribution in [0.1, 0.15) is 64.0 Å². The van der Waals surface area contributed by atoms with Crippen LogP contribution < -0.4 is 0 Å². The van der Waals surface area contributed by atoms with Gasteiger partial charge in [-0.05, 0) is 51.7 Å². The smallest absolute Gasteiger partial charge is 0.252 e. The quantitative estimate of drug-likeness (QED) is 0.654. The number of halogens is 3. The van der Waals surface area contributed by atoms with E-state index in [-0.39, 0.29) is 36.5 Å². The first-order valence-corrected chi connectivity index (χ1v) is 12.5. The first-order chi connectivity index (χ1) is 15.7. The Balaban J connectivity index is 1.36. The molecular formula is C25H37F3N4O. The summed E-state index contributed by atoms with van der Waals surface area (Å²) in [6, 6.07) is 3.34. The molecule has 1 amide bonds. The molecule has 3 aliphatic rings. The van der Waals surface area contributed by atoms with E-state index in [9.17, 15) is 9.18 Å². The van der Waals surface area contributed by atoms with Crippen LogP contribution >= 0.6 is 0 Å². The molecule has 0 spiro atoms. The number of rotatable bonds is 5. The summed E-state index contributed by atoms with van der Waals surface area (Å²) in [5, 5.41) is 0. The number of amides is 1. The summed E-state index contributed by atoms with van der Waals surface area (Å²) in [6.07, 6.45) is 3.74. The largest absolute Gasteiger partial charge is 0.343 e. The highest BCUT2D eigenvalue weighted by Gasteiger charge is 2.50. The van der Waals surface area contributed by atoms with Gasteiger partial charge in [-0.15, -0.1) is 0 Å². The van der Waals surface area contributed by atoms with Crippen molar-refractivity contribution in [3.63, 3.8) is 0 Å². The van der Waals surface area contributed by atoms with E-state index in [1.54, 1.807) is 11.0 Å². The number of likely N-dealkylation sites (tertiary alicyclic amines) is 1. The van der Waals surface area contributed by atoms with Crippen LogP contribution in [0, 0.1) is 11.7 Å². The molecule has 0 radical (unpaired) electrons. The van der Waals surface area contributed by atoms with Gasteiger partial charge in [-0.2, -0.15) is 0 Å². The number of pyridine rings is 1. The molecule has 2 aliphatic heterocycles. The van der Waals surface area contributed by atoms with Gasteiger partial charge in [0.2, 0.25) is 5.91 Å². The predicted octanol–water partition coefficient (Wildman–Crippen LogP) is 4.15. The fraction of sp³-hybridized carbons (Fsp3) is 0.760. The first kappa shape index (κ1) is 24.5. The molecule has 0 N–H and O–H groups in total. The molecule has 2 saturated heterocycles. The number of hydrogen-bond donors (Lipinski definition) is 0. The average Bonchev–Trinajstić information content (AvgIpc) is 2.81. The van der Waals surface area contributed by atoms with E-state index in [0.717, 1.165) is 51.1 Å². The molecule has 0 aromatic carbocycles. The number of hydrogen-bond acceptors (Lipinski definition) is 4. The summed E-state index contributed by atoms with van der Waals surface area (Å²) < 4.78 is 43.3. The summed E-state index contributed by atoms with van der Waals surface area (Å²) >= 11 is 0. The number of piperazine rings is 1. The molecule has 1 aromatic heterocycles. The third-order valence-corrected chi connectivity index (χ3v) is 7.98. The van der Waals surface area contributed by atoms with Gasteiger partial charge in [0.1, 0.15) is 5.82 Å². The van der Waals surface area contributed by atoms with Crippen LogP contribution in [0.2, 0.25) is 0 Å². The zero-order valence-corrected chi connectivity index (χ0v) is 19.9. The van der Waals surface area contributed by atoms with Crippen LogP contribution in [-0.2, 0) is 4.79 Å². The molecule has 33 heavy (non-hydrogen) atoms. The Morgan fingerprint density at radius 1 is 1.09 bits per heavy atom. The van der Waals surface area contributed by atoms with Gasteiger partial charge in [0.05, 0.1) is 6.20 Å². The van der Waals surface area contributed by atoms with Gasteiger partial charge >= 0.3 is 0 Å². The lowest BCUT2D eigenvalue weighted by molar-refractivity contribution is -0.150. The summed E-state index contributed by atoms with van der Waals surface area (Å²) in [5.74, 6) is -4.06. The van der Waals surface area contributed by atoms with E-state index < -0.39 is 11.8 Å². The van der Waals surface area contributed by atoms with Crippen molar-refractivity contribution in [2.75, 3.05) is 39.3 Å². The lowest BCUT2D eigenvalue weighted by Gasteiger charge is -2.47. The molecular weight excluding hydrogens is 429 g/mol. The molecule has 5 nitrogen and oxygen atoms in total. The monoisotopic (exact) mass is 466 g/mol. The highest BCUT2D eigenvalue weighted by atomic mass is 19.3. The van der Waals surface area contributed by atoms with E-state index >= 15 is 8.78 Å². The van der Waals surface area contributed by atoms with Gasteiger partial charge in [-0.3, -0.25) is 19.6 Å². The van der Waals surface area contributed by atoms with Crippen molar-refractivity contribution in [2.45, 2.75) is 76.3 Å². The van der Waals surface area contributed by atoms with Crippen molar-refractivity contribution in [3.8, 4) is 0 Å². The predicted molar refractivity (Wildman–Crippen MR) is 122 cm³/mol. The summed E-state index contributed by atoms with van der Waals surface area (Å²) in [5.41, 5.74) is 0.836. The fourth-order valence-corrected chi connectivity index (χ4v) is 5.89. The SMILES string of the molecule is CC(C)N1CCN([C@H]2CCCC(F)(F)C2CC(=O)N2CCC(c3ccc(F)cn3)CC2)CC1. The molecule has 8 heteroatoms. The van der Waals surface area contributed by atoms with E-state index in [2.05, 4.69) is 28.6 Å². The molecule has 3 heterocycles. The van der Waals surface area contributed by atoms with E-state index in [4.69, 9.17) is 0 Å². The molecule has 1 aliphatic carbocycles. The summed E-state index contributed by atoms with van der Waals surface area (Å²) in [7, 11) is 0. The molecule has 1 unspecified atom stereocenters. The van der Waals surface area contributed by atoms with E-state index in [1.165, 1.54) is 12.3 Å². The summed E-state index contributed by atoms with van der Waals surface area (Å²) in [6.45, 7) is 8.79. The van der Waals surface area contributed by atoms with Crippen molar-refractivity contribution in [3.05, 3.63) is 29.8 Å². The van der Waals surface area contributed by atoms with Crippen molar-refractivity contribution >= 4 is 5.91 Å².